The lowest BCUT2D eigenvalue weighted by Crippen LogP contribution is -2.51. The topological polar surface area (TPSA) is 46.3 Å². The van der Waals surface area contributed by atoms with Crippen LogP contribution in [0, 0.1) is 11.3 Å². The largest absolute Gasteiger partial charge is 0.338 e. The molecular formula is C14H28N2O. The van der Waals surface area contributed by atoms with E-state index in [1.165, 1.54) is 6.42 Å². The molecule has 2 unspecified atom stereocenters. The van der Waals surface area contributed by atoms with E-state index in [1.807, 2.05) is 4.90 Å². The lowest BCUT2D eigenvalue weighted by atomic mass is 9.88. The number of hydrogen-bond acceptors (Lipinski definition) is 2. The number of nitrogens with two attached hydrogens (primary N) is 1. The monoisotopic (exact) mass is 240 g/mol. The minimum atomic E-state index is 0.231. The first-order chi connectivity index (χ1) is 7.85. The number of amides is 1. The molecule has 1 heterocycles. The first-order valence-electron chi connectivity index (χ1n) is 6.84. The smallest absolute Gasteiger partial charge is 0.222 e. The van der Waals surface area contributed by atoms with Crippen molar-refractivity contribution in [3.63, 3.8) is 0 Å². The Bertz CT molecular complexity index is 257. The van der Waals surface area contributed by atoms with Crippen LogP contribution in [0.15, 0.2) is 0 Å². The Labute approximate surface area is 106 Å². The van der Waals surface area contributed by atoms with Crippen LogP contribution in [0.5, 0.6) is 0 Å². The molecular weight excluding hydrogens is 212 g/mol. The van der Waals surface area contributed by atoms with Crippen molar-refractivity contribution in [3.8, 4) is 0 Å². The lowest BCUT2D eigenvalue weighted by Gasteiger charge is -2.40. The van der Waals surface area contributed by atoms with Gasteiger partial charge in [0.15, 0.2) is 0 Å². The number of piperidine rings is 1. The molecule has 0 aromatic rings. The van der Waals surface area contributed by atoms with Gasteiger partial charge in [0.25, 0.3) is 0 Å². The zero-order valence-corrected chi connectivity index (χ0v) is 11.8. The van der Waals surface area contributed by atoms with Crippen LogP contribution in [0.25, 0.3) is 0 Å². The number of likely N-dealkylation sites (tertiary alicyclic amines) is 1. The third-order valence-corrected chi connectivity index (χ3v) is 3.77. The van der Waals surface area contributed by atoms with Crippen LogP contribution in [-0.4, -0.2) is 29.9 Å². The van der Waals surface area contributed by atoms with Crippen LogP contribution in [-0.2, 0) is 4.79 Å². The highest BCUT2D eigenvalue weighted by Gasteiger charge is 2.30. The van der Waals surface area contributed by atoms with Crippen LogP contribution < -0.4 is 5.73 Å². The van der Waals surface area contributed by atoms with Gasteiger partial charge in [0.2, 0.25) is 5.91 Å². The molecule has 17 heavy (non-hydrogen) atoms. The number of nitrogens with zero attached hydrogens (tertiary/aromatic N) is 1. The average Bonchev–Trinajstić information content (AvgIpc) is 2.24. The van der Waals surface area contributed by atoms with Crippen molar-refractivity contribution >= 4 is 5.91 Å². The summed E-state index contributed by atoms with van der Waals surface area (Å²) < 4.78 is 0. The second kappa shape index (κ2) is 5.85. The van der Waals surface area contributed by atoms with E-state index in [4.69, 9.17) is 5.73 Å². The summed E-state index contributed by atoms with van der Waals surface area (Å²) in [4.78, 5) is 14.3. The fraction of sp³-hybridized carbons (Fsp3) is 0.929. The first-order valence-corrected chi connectivity index (χ1v) is 6.84. The summed E-state index contributed by atoms with van der Waals surface area (Å²) in [5.41, 5.74) is 6.04. The minimum absolute atomic E-state index is 0.231. The molecule has 0 aromatic heterocycles. The molecule has 1 aliphatic heterocycles. The Hall–Kier alpha value is -0.570. The molecule has 1 rings (SSSR count). The highest BCUT2D eigenvalue weighted by molar-refractivity contribution is 5.76. The van der Waals surface area contributed by atoms with E-state index in [9.17, 15) is 4.79 Å². The van der Waals surface area contributed by atoms with Gasteiger partial charge < -0.3 is 10.6 Å². The van der Waals surface area contributed by atoms with E-state index in [-0.39, 0.29) is 11.5 Å². The predicted molar refractivity (Wildman–Crippen MR) is 71.6 cm³/mol. The summed E-state index contributed by atoms with van der Waals surface area (Å²) in [6.45, 7) is 10.2. The molecule has 0 aromatic carbocycles. The lowest BCUT2D eigenvalue weighted by molar-refractivity contribution is -0.136. The highest BCUT2D eigenvalue weighted by atomic mass is 16.2. The van der Waals surface area contributed by atoms with Crippen LogP contribution in [0.2, 0.25) is 0 Å². The molecule has 100 valence electrons. The van der Waals surface area contributed by atoms with Gasteiger partial charge >= 0.3 is 0 Å². The van der Waals surface area contributed by atoms with Gasteiger partial charge in [-0.25, -0.2) is 0 Å². The maximum atomic E-state index is 12.2. The summed E-state index contributed by atoms with van der Waals surface area (Å²) in [5, 5.41) is 0. The Morgan fingerprint density at radius 3 is 2.59 bits per heavy atom. The Balaban J connectivity index is 2.54. The van der Waals surface area contributed by atoms with Crippen LogP contribution in [0.1, 0.15) is 53.4 Å². The molecule has 0 radical (unpaired) electrons. The quantitative estimate of drug-likeness (QED) is 0.823. The standard InChI is InChI=1S/C14H28N2O/c1-11-6-5-9-16(12(11)10-15)13(17)7-8-14(2,3)4/h11-12H,5-10,15H2,1-4H3. The summed E-state index contributed by atoms with van der Waals surface area (Å²) >= 11 is 0. The fourth-order valence-electron chi connectivity index (χ4n) is 2.54. The van der Waals surface area contributed by atoms with E-state index in [0.717, 1.165) is 19.4 Å². The summed E-state index contributed by atoms with van der Waals surface area (Å²) in [7, 11) is 0. The van der Waals surface area contributed by atoms with Crippen molar-refractivity contribution < 1.29 is 4.79 Å². The third kappa shape index (κ3) is 4.30. The molecule has 0 aliphatic carbocycles. The third-order valence-electron chi connectivity index (χ3n) is 3.77. The summed E-state index contributed by atoms with van der Waals surface area (Å²) in [5.74, 6) is 0.842. The summed E-state index contributed by atoms with van der Waals surface area (Å²) in [6.07, 6.45) is 3.94. The Morgan fingerprint density at radius 2 is 2.06 bits per heavy atom. The molecule has 0 saturated carbocycles. The normalized spacial score (nSPS) is 26.1. The second-order valence-electron chi connectivity index (χ2n) is 6.57. The molecule has 0 bridgehead atoms. The zero-order valence-electron chi connectivity index (χ0n) is 11.8. The molecule has 3 heteroatoms. The van der Waals surface area contributed by atoms with E-state index >= 15 is 0 Å². The van der Waals surface area contributed by atoms with E-state index in [1.54, 1.807) is 0 Å². The summed E-state index contributed by atoms with van der Waals surface area (Å²) in [6, 6.07) is 0.260. The Kier molecular flexibility index (Phi) is 4.99. The van der Waals surface area contributed by atoms with Crippen molar-refractivity contribution in [2.75, 3.05) is 13.1 Å². The molecule has 1 aliphatic rings. The predicted octanol–water partition coefficient (Wildman–Crippen LogP) is 2.40. The fourth-order valence-corrected chi connectivity index (χ4v) is 2.54. The van der Waals surface area contributed by atoms with Crippen molar-refractivity contribution in [1.29, 1.82) is 0 Å². The van der Waals surface area contributed by atoms with Crippen molar-refractivity contribution in [2.24, 2.45) is 17.1 Å². The molecule has 1 amide bonds. The average molecular weight is 240 g/mol. The SMILES string of the molecule is CC1CCCN(C(=O)CCC(C)(C)C)C1CN. The van der Waals surface area contributed by atoms with Gasteiger partial charge in [-0.05, 0) is 30.6 Å². The number of carbonyl (C=O) groups excluding carboxylic acids is 1. The molecule has 3 nitrogen and oxygen atoms in total. The highest BCUT2D eigenvalue weighted by Crippen LogP contribution is 2.26. The molecule has 1 saturated heterocycles. The van der Waals surface area contributed by atoms with Gasteiger partial charge in [-0.3, -0.25) is 4.79 Å². The van der Waals surface area contributed by atoms with Gasteiger partial charge in [0, 0.05) is 25.6 Å². The number of hydrogen-bond donors (Lipinski definition) is 1. The number of rotatable bonds is 3. The minimum Gasteiger partial charge on any atom is -0.338 e. The maximum Gasteiger partial charge on any atom is 0.222 e. The van der Waals surface area contributed by atoms with Crippen LogP contribution >= 0.6 is 0 Å². The van der Waals surface area contributed by atoms with Gasteiger partial charge in [-0.2, -0.15) is 0 Å². The molecule has 2 N–H and O–H groups in total. The molecule has 2 atom stereocenters. The van der Waals surface area contributed by atoms with Crippen molar-refractivity contribution in [2.45, 2.75) is 59.4 Å². The maximum absolute atomic E-state index is 12.2. The van der Waals surface area contributed by atoms with E-state index < -0.39 is 0 Å². The number of carbonyl (C=O) groups is 1. The van der Waals surface area contributed by atoms with Crippen LogP contribution in [0.4, 0.5) is 0 Å². The first kappa shape index (κ1) is 14.5. The van der Waals surface area contributed by atoms with Crippen molar-refractivity contribution in [3.05, 3.63) is 0 Å². The van der Waals surface area contributed by atoms with Crippen LogP contribution in [0.3, 0.4) is 0 Å². The van der Waals surface area contributed by atoms with E-state index in [0.29, 0.717) is 24.8 Å². The molecule has 1 fully saturated rings. The molecule has 0 spiro atoms. The zero-order chi connectivity index (χ0) is 13.1. The van der Waals surface area contributed by atoms with Crippen molar-refractivity contribution in [1.82, 2.24) is 4.90 Å². The van der Waals surface area contributed by atoms with E-state index in [2.05, 4.69) is 27.7 Å². The van der Waals surface area contributed by atoms with Gasteiger partial charge in [-0.15, -0.1) is 0 Å². The van der Waals surface area contributed by atoms with Gasteiger partial charge in [0.05, 0.1) is 0 Å². The van der Waals surface area contributed by atoms with Gasteiger partial charge in [0.1, 0.15) is 0 Å². The second-order valence-corrected chi connectivity index (χ2v) is 6.57. The van der Waals surface area contributed by atoms with Gasteiger partial charge in [-0.1, -0.05) is 27.7 Å². The Morgan fingerprint density at radius 1 is 1.41 bits per heavy atom.